The number of carbonyl (C=O) groups excluding carboxylic acids is 1. The Morgan fingerprint density at radius 3 is 2.59 bits per heavy atom. The van der Waals surface area contributed by atoms with Gasteiger partial charge in [-0.05, 0) is 24.3 Å². The maximum Gasteiger partial charge on any atom is 0.317 e. The lowest BCUT2D eigenvalue weighted by Crippen LogP contribution is -2.52. The molecule has 0 bridgehead atoms. The average Bonchev–Trinajstić information content (AvgIpc) is 3.28. The lowest BCUT2D eigenvalue weighted by molar-refractivity contribution is 0.195. The molecule has 1 aliphatic heterocycles. The van der Waals surface area contributed by atoms with Crippen LogP contribution in [0, 0.1) is 0 Å². The van der Waals surface area contributed by atoms with Crippen molar-refractivity contribution in [1.82, 2.24) is 29.8 Å². The van der Waals surface area contributed by atoms with Crippen molar-refractivity contribution >= 4 is 40.1 Å². The van der Waals surface area contributed by atoms with E-state index in [9.17, 15) is 4.79 Å². The fourth-order valence-corrected chi connectivity index (χ4v) is 4.20. The number of halogens is 1. The molecule has 1 fully saturated rings. The first-order valence-electron chi connectivity index (χ1n) is 10.4. The molecule has 1 N–H and O–H groups in total. The molecule has 5 rings (SSSR count). The average molecular weight is 448 g/mol. The molecule has 32 heavy (non-hydrogen) atoms. The van der Waals surface area contributed by atoms with E-state index in [1.54, 1.807) is 11.0 Å². The van der Waals surface area contributed by atoms with Gasteiger partial charge >= 0.3 is 6.03 Å². The fraction of sp³-hybridized carbons (Fsp3) is 0.217. The van der Waals surface area contributed by atoms with E-state index in [2.05, 4.69) is 27.0 Å². The number of rotatable bonds is 4. The minimum Gasteiger partial charge on any atom is -0.338 e. The Hall–Kier alpha value is -3.65. The highest BCUT2D eigenvalue weighted by Crippen LogP contribution is 2.32. The molecule has 0 saturated carbocycles. The monoisotopic (exact) mass is 447 g/mol. The zero-order valence-corrected chi connectivity index (χ0v) is 18.2. The molecule has 2 amide bonds. The van der Waals surface area contributed by atoms with Gasteiger partial charge in [0.25, 0.3) is 0 Å². The van der Waals surface area contributed by atoms with Gasteiger partial charge in [-0.2, -0.15) is 0 Å². The topological polar surface area (TPSA) is 78.7 Å². The van der Waals surface area contributed by atoms with Crippen molar-refractivity contribution in [2.24, 2.45) is 0 Å². The molecule has 162 valence electrons. The van der Waals surface area contributed by atoms with E-state index in [1.807, 2.05) is 52.9 Å². The van der Waals surface area contributed by atoms with Crippen LogP contribution in [0.1, 0.15) is 0 Å². The van der Waals surface area contributed by atoms with Crippen LogP contribution in [0.3, 0.4) is 0 Å². The third-order valence-electron chi connectivity index (χ3n) is 5.59. The molecule has 0 aliphatic carbocycles. The van der Waals surface area contributed by atoms with Gasteiger partial charge in [0.2, 0.25) is 5.95 Å². The first-order valence-corrected chi connectivity index (χ1v) is 10.8. The molecule has 0 atom stereocenters. The van der Waals surface area contributed by atoms with Crippen molar-refractivity contribution in [3.05, 3.63) is 66.2 Å². The van der Waals surface area contributed by atoms with E-state index in [4.69, 9.17) is 16.6 Å². The van der Waals surface area contributed by atoms with E-state index >= 15 is 0 Å². The standard InChI is InChI=1S/C23H22ClN7O/c1-2-11-25-23(32)30-14-12-29(13-15-30)22-26-19-10-6-4-8-17(19)21-28-27-20(31(21)22)16-7-3-5-9-18(16)24/h2-10H,1,11-15H2,(H,25,32). The Bertz CT molecular complexity index is 1310. The zero-order valence-electron chi connectivity index (χ0n) is 17.4. The SMILES string of the molecule is C=CCNC(=O)N1CCN(c2nc3ccccc3c3nnc(-c4ccccc4Cl)n23)CC1. The van der Waals surface area contributed by atoms with Crippen LogP contribution in [0.2, 0.25) is 5.02 Å². The quantitative estimate of drug-likeness (QED) is 0.483. The maximum atomic E-state index is 12.3. The first kappa shape index (κ1) is 20.3. The highest BCUT2D eigenvalue weighted by Gasteiger charge is 2.26. The van der Waals surface area contributed by atoms with Crippen molar-refractivity contribution in [2.45, 2.75) is 0 Å². The second-order valence-electron chi connectivity index (χ2n) is 7.54. The highest BCUT2D eigenvalue weighted by molar-refractivity contribution is 6.33. The first-order chi connectivity index (χ1) is 15.7. The second-order valence-corrected chi connectivity index (χ2v) is 7.95. The number of para-hydroxylation sites is 1. The summed E-state index contributed by atoms with van der Waals surface area (Å²) in [5, 5.41) is 13.3. The van der Waals surface area contributed by atoms with Crippen LogP contribution in [0.5, 0.6) is 0 Å². The molecule has 9 heteroatoms. The molecular formula is C23H22ClN7O. The summed E-state index contributed by atoms with van der Waals surface area (Å²) in [6, 6.07) is 15.4. The number of aromatic nitrogens is 4. The van der Waals surface area contributed by atoms with Gasteiger partial charge in [-0.3, -0.25) is 0 Å². The third-order valence-corrected chi connectivity index (χ3v) is 5.92. The Labute approximate surface area is 190 Å². The molecule has 0 radical (unpaired) electrons. The number of amides is 2. The summed E-state index contributed by atoms with van der Waals surface area (Å²) in [5.74, 6) is 1.38. The third kappa shape index (κ3) is 3.52. The van der Waals surface area contributed by atoms with Gasteiger partial charge in [0.05, 0.1) is 10.5 Å². The molecule has 2 aromatic carbocycles. The second kappa shape index (κ2) is 8.47. The van der Waals surface area contributed by atoms with Crippen LogP contribution in [0.4, 0.5) is 10.7 Å². The molecule has 2 aromatic heterocycles. The van der Waals surface area contributed by atoms with Crippen LogP contribution in [0.25, 0.3) is 27.9 Å². The number of piperazine rings is 1. The van der Waals surface area contributed by atoms with Crippen LogP contribution in [0.15, 0.2) is 61.2 Å². The Balaban J connectivity index is 1.58. The van der Waals surface area contributed by atoms with Gasteiger partial charge in [0, 0.05) is 43.7 Å². The number of anilines is 1. The minimum absolute atomic E-state index is 0.0813. The van der Waals surface area contributed by atoms with Gasteiger partial charge in [-0.15, -0.1) is 16.8 Å². The summed E-state index contributed by atoms with van der Waals surface area (Å²) < 4.78 is 1.97. The van der Waals surface area contributed by atoms with Crippen LogP contribution in [-0.4, -0.2) is 63.2 Å². The smallest absolute Gasteiger partial charge is 0.317 e. The summed E-state index contributed by atoms with van der Waals surface area (Å²) in [6.07, 6.45) is 1.67. The van der Waals surface area contributed by atoms with Gasteiger partial charge in [-0.25, -0.2) is 14.2 Å². The summed E-state index contributed by atoms with van der Waals surface area (Å²) in [6.45, 7) is 6.55. The molecule has 1 saturated heterocycles. The minimum atomic E-state index is -0.0813. The number of urea groups is 1. The van der Waals surface area contributed by atoms with Crippen LogP contribution >= 0.6 is 11.6 Å². The van der Waals surface area contributed by atoms with E-state index in [0.717, 1.165) is 28.1 Å². The highest BCUT2D eigenvalue weighted by atomic mass is 35.5. The summed E-state index contributed by atoms with van der Waals surface area (Å²) in [5.41, 5.74) is 2.37. The molecule has 0 spiro atoms. The van der Waals surface area contributed by atoms with E-state index < -0.39 is 0 Å². The number of fused-ring (bicyclic) bond motifs is 3. The summed E-state index contributed by atoms with van der Waals surface area (Å²) in [4.78, 5) is 21.3. The van der Waals surface area contributed by atoms with Gasteiger partial charge < -0.3 is 15.1 Å². The Kier molecular flexibility index (Phi) is 5.36. The lowest BCUT2D eigenvalue weighted by Gasteiger charge is -2.35. The van der Waals surface area contributed by atoms with Crippen molar-refractivity contribution in [3.8, 4) is 11.4 Å². The van der Waals surface area contributed by atoms with Crippen molar-refractivity contribution in [1.29, 1.82) is 0 Å². The molecule has 3 heterocycles. The van der Waals surface area contributed by atoms with Crippen LogP contribution in [-0.2, 0) is 0 Å². The predicted molar refractivity (Wildman–Crippen MR) is 126 cm³/mol. The van der Waals surface area contributed by atoms with Gasteiger partial charge in [-0.1, -0.05) is 41.9 Å². The number of nitrogens with zero attached hydrogens (tertiary/aromatic N) is 6. The zero-order chi connectivity index (χ0) is 22.1. The Morgan fingerprint density at radius 1 is 1.06 bits per heavy atom. The maximum absolute atomic E-state index is 12.3. The number of benzene rings is 2. The largest absolute Gasteiger partial charge is 0.338 e. The molecule has 1 aliphatic rings. The number of carbonyl (C=O) groups is 1. The lowest BCUT2D eigenvalue weighted by atomic mass is 10.2. The van der Waals surface area contributed by atoms with Crippen molar-refractivity contribution in [2.75, 3.05) is 37.6 Å². The van der Waals surface area contributed by atoms with Gasteiger partial charge in [0.15, 0.2) is 11.5 Å². The van der Waals surface area contributed by atoms with Crippen LogP contribution < -0.4 is 10.2 Å². The van der Waals surface area contributed by atoms with Crippen molar-refractivity contribution in [3.63, 3.8) is 0 Å². The van der Waals surface area contributed by atoms with Crippen molar-refractivity contribution < 1.29 is 4.79 Å². The predicted octanol–water partition coefficient (Wildman–Crippen LogP) is 3.62. The summed E-state index contributed by atoms with van der Waals surface area (Å²) in [7, 11) is 0. The van der Waals surface area contributed by atoms with E-state index in [1.165, 1.54) is 0 Å². The van der Waals surface area contributed by atoms with E-state index in [-0.39, 0.29) is 6.03 Å². The number of hydrogen-bond acceptors (Lipinski definition) is 5. The Morgan fingerprint density at radius 2 is 1.81 bits per heavy atom. The van der Waals surface area contributed by atoms with E-state index in [0.29, 0.717) is 43.6 Å². The number of nitrogens with one attached hydrogen (secondary N) is 1. The molecular weight excluding hydrogens is 426 g/mol. The normalized spacial score (nSPS) is 14.2. The van der Waals surface area contributed by atoms with Gasteiger partial charge in [0.1, 0.15) is 0 Å². The molecule has 4 aromatic rings. The fourth-order valence-electron chi connectivity index (χ4n) is 3.98. The molecule has 0 unspecified atom stereocenters. The molecule has 8 nitrogen and oxygen atoms in total. The summed E-state index contributed by atoms with van der Waals surface area (Å²) >= 11 is 6.49. The number of hydrogen-bond donors (Lipinski definition) is 1.